The molecule has 1 rings (SSSR count). The highest BCUT2D eigenvalue weighted by molar-refractivity contribution is 5.85. The molecule has 0 unspecified atom stereocenters. The van der Waals surface area contributed by atoms with Crippen LogP contribution in [0.4, 0.5) is 0 Å². The van der Waals surface area contributed by atoms with Crippen molar-refractivity contribution in [1.29, 1.82) is 0 Å². The van der Waals surface area contributed by atoms with Gasteiger partial charge in [-0.3, -0.25) is 9.69 Å². The number of hydrogen-bond donors (Lipinski definition) is 2. The number of hydrogen-bond acceptors (Lipinski definition) is 3. The predicted molar refractivity (Wildman–Crippen MR) is 73.6 cm³/mol. The highest BCUT2D eigenvalue weighted by atomic mass is 35.5. The predicted octanol–water partition coefficient (Wildman–Crippen LogP) is 0.866. The number of rotatable bonds is 5. The van der Waals surface area contributed by atoms with E-state index in [0.29, 0.717) is 0 Å². The van der Waals surface area contributed by atoms with Crippen molar-refractivity contribution in [3.8, 4) is 0 Å². The van der Waals surface area contributed by atoms with Gasteiger partial charge in [0.05, 0.1) is 0 Å². The lowest BCUT2D eigenvalue weighted by Gasteiger charge is -2.28. The van der Waals surface area contributed by atoms with Gasteiger partial charge in [-0.1, -0.05) is 20.8 Å². The molecule has 0 aromatic heterocycles. The molecule has 1 amide bonds. The zero-order valence-electron chi connectivity index (χ0n) is 11.2. The van der Waals surface area contributed by atoms with Crippen molar-refractivity contribution in [2.75, 3.05) is 39.3 Å². The first-order chi connectivity index (χ1) is 7.56. The molecule has 5 heteroatoms. The third kappa shape index (κ3) is 5.70. The standard InChI is InChI=1S/C12H25N3O.ClH/c1-4-12(2,3)11(16)14-7-10-15-8-5-13-6-9-15;/h13H,4-10H2,1-3H3,(H,14,16);1H. The van der Waals surface area contributed by atoms with E-state index in [-0.39, 0.29) is 23.7 Å². The Kier molecular flexibility index (Phi) is 7.75. The topological polar surface area (TPSA) is 44.4 Å². The van der Waals surface area contributed by atoms with Crippen LogP contribution in [0.3, 0.4) is 0 Å². The molecule has 0 saturated carbocycles. The minimum atomic E-state index is -0.233. The molecule has 0 aromatic rings. The lowest BCUT2D eigenvalue weighted by molar-refractivity contribution is -0.129. The molecule has 102 valence electrons. The van der Waals surface area contributed by atoms with E-state index in [0.717, 1.165) is 45.7 Å². The van der Waals surface area contributed by atoms with Crippen molar-refractivity contribution in [3.63, 3.8) is 0 Å². The Balaban J connectivity index is 0.00000256. The van der Waals surface area contributed by atoms with Crippen LogP contribution in [-0.4, -0.2) is 50.1 Å². The van der Waals surface area contributed by atoms with E-state index in [1.165, 1.54) is 0 Å². The van der Waals surface area contributed by atoms with Gasteiger partial charge in [-0.25, -0.2) is 0 Å². The summed E-state index contributed by atoms with van der Waals surface area (Å²) in [5.74, 6) is 0.171. The number of piperazine rings is 1. The molecule has 1 fully saturated rings. The fraction of sp³-hybridized carbons (Fsp3) is 0.917. The molecule has 1 saturated heterocycles. The van der Waals surface area contributed by atoms with E-state index < -0.39 is 0 Å². The van der Waals surface area contributed by atoms with Crippen LogP contribution in [0.2, 0.25) is 0 Å². The van der Waals surface area contributed by atoms with Gasteiger partial charge in [0.2, 0.25) is 5.91 Å². The minimum absolute atomic E-state index is 0. The molecule has 2 N–H and O–H groups in total. The van der Waals surface area contributed by atoms with Gasteiger partial charge in [0.25, 0.3) is 0 Å². The number of halogens is 1. The van der Waals surface area contributed by atoms with Crippen LogP contribution in [0.25, 0.3) is 0 Å². The van der Waals surface area contributed by atoms with Gasteiger partial charge in [-0.2, -0.15) is 0 Å². The van der Waals surface area contributed by atoms with Crippen molar-refractivity contribution in [3.05, 3.63) is 0 Å². The van der Waals surface area contributed by atoms with E-state index in [4.69, 9.17) is 0 Å². The lowest BCUT2D eigenvalue weighted by Crippen LogP contribution is -2.47. The largest absolute Gasteiger partial charge is 0.354 e. The molecule has 1 aliphatic rings. The van der Waals surface area contributed by atoms with Crippen molar-refractivity contribution >= 4 is 18.3 Å². The van der Waals surface area contributed by atoms with Gasteiger partial charge in [0.15, 0.2) is 0 Å². The van der Waals surface area contributed by atoms with Crippen LogP contribution in [0.1, 0.15) is 27.2 Å². The minimum Gasteiger partial charge on any atom is -0.354 e. The van der Waals surface area contributed by atoms with Gasteiger partial charge in [-0.05, 0) is 6.42 Å². The molecule has 0 radical (unpaired) electrons. The van der Waals surface area contributed by atoms with E-state index in [1.54, 1.807) is 0 Å². The monoisotopic (exact) mass is 263 g/mol. The van der Waals surface area contributed by atoms with Gasteiger partial charge in [-0.15, -0.1) is 12.4 Å². The highest BCUT2D eigenvalue weighted by Crippen LogP contribution is 2.18. The van der Waals surface area contributed by atoms with Crippen molar-refractivity contribution < 1.29 is 4.79 Å². The quantitative estimate of drug-likeness (QED) is 0.774. The molecule has 0 aliphatic carbocycles. The third-order valence-corrected chi connectivity index (χ3v) is 3.42. The number of carbonyl (C=O) groups is 1. The van der Waals surface area contributed by atoms with E-state index in [9.17, 15) is 4.79 Å². The van der Waals surface area contributed by atoms with Gasteiger partial charge >= 0.3 is 0 Å². The Morgan fingerprint density at radius 3 is 2.47 bits per heavy atom. The Morgan fingerprint density at radius 1 is 1.35 bits per heavy atom. The molecule has 0 spiro atoms. The van der Waals surface area contributed by atoms with Crippen molar-refractivity contribution in [1.82, 2.24) is 15.5 Å². The Morgan fingerprint density at radius 2 is 1.94 bits per heavy atom. The summed E-state index contributed by atoms with van der Waals surface area (Å²) >= 11 is 0. The van der Waals surface area contributed by atoms with Crippen molar-refractivity contribution in [2.45, 2.75) is 27.2 Å². The van der Waals surface area contributed by atoms with Gasteiger partial charge < -0.3 is 10.6 Å². The smallest absolute Gasteiger partial charge is 0.225 e. The number of amides is 1. The van der Waals surface area contributed by atoms with E-state index in [2.05, 4.69) is 22.5 Å². The van der Waals surface area contributed by atoms with E-state index >= 15 is 0 Å². The molecule has 0 atom stereocenters. The van der Waals surface area contributed by atoms with E-state index in [1.807, 2.05) is 13.8 Å². The molecule has 1 heterocycles. The zero-order chi connectivity index (χ0) is 12.0. The second kappa shape index (κ2) is 7.90. The molecule has 1 aliphatic heterocycles. The van der Waals surface area contributed by atoms with Crippen molar-refractivity contribution in [2.24, 2.45) is 5.41 Å². The Bertz CT molecular complexity index is 228. The van der Waals surface area contributed by atoms with Gasteiger partial charge in [0, 0.05) is 44.7 Å². The zero-order valence-corrected chi connectivity index (χ0v) is 12.0. The number of nitrogens with one attached hydrogen (secondary N) is 2. The Labute approximate surface area is 111 Å². The summed E-state index contributed by atoms with van der Waals surface area (Å²) in [7, 11) is 0. The molecule has 17 heavy (non-hydrogen) atoms. The summed E-state index contributed by atoms with van der Waals surface area (Å²) in [6, 6.07) is 0. The summed E-state index contributed by atoms with van der Waals surface area (Å²) in [4.78, 5) is 14.2. The molecule has 4 nitrogen and oxygen atoms in total. The number of nitrogens with zero attached hydrogens (tertiary/aromatic N) is 1. The van der Waals surface area contributed by atoms with Crippen LogP contribution in [0.5, 0.6) is 0 Å². The normalized spacial score (nSPS) is 17.4. The maximum atomic E-state index is 11.8. The van der Waals surface area contributed by atoms with Gasteiger partial charge in [0.1, 0.15) is 0 Å². The lowest BCUT2D eigenvalue weighted by atomic mass is 9.89. The average molecular weight is 264 g/mol. The van der Waals surface area contributed by atoms with Crippen LogP contribution < -0.4 is 10.6 Å². The first kappa shape index (κ1) is 16.7. The van der Waals surface area contributed by atoms with Crippen LogP contribution in [0, 0.1) is 5.41 Å². The fourth-order valence-electron chi connectivity index (χ4n) is 1.66. The molecular formula is C12H26ClN3O. The summed E-state index contributed by atoms with van der Waals surface area (Å²) < 4.78 is 0. The maximum absolute atomic E-state index is 11.8. The molecule has 0 aromatic carbocycles. The first-order valence-electron chi connectivity index (χ1n) is 6.27. The summed E-state index contributed by atoms with van der Waals surface area (Å²) in [5.41, 5.74) is -0.233. The van der Waals surface area contributed by atoms with Crippen LogP contribution in [-0.2, 0) is 4.79 Å². The summed E-state index contributed by atoms with van der Waals surface area (Å²) in [6.07, 6.45) is 0.881. The fourth-order valence-corrected chi connectivity index (χ4v) is 1.66. The van der Waals surface area contributed by atoms with Crippen LogP contribution in [0.15, 0.2) is 0 Å². The second-order valence-corrected chi connectivity index (χ2v) is 5.08. The molecule has 0 bridgehead atoms. The SMILES string of the molecule is CCC(C)(C)C(=O)NCCN1CCNCC1.Cl. The number of carbonyl (C=O) groups excluding carboxylic acids is 1. The summed E-state index contributed by atoms with van der Waals surface area (Å²) in [5, 5.41) is 6.34. The second-order valence-electron chi connectivity index (χ2n) is 5.08. The third-order valence-electron chi connectivity index (χ3n) is 3.42. The maximum Gasteiger partial charge on any atom is 0.225 e. The highest BCUT2D eigenvalue weighted by Gasteiger charge is 2.24. The average Bonchev–Trinajstić information content (AvgIpc) is 2.30. The van der Waals surface area contributed by atoms with Crippen LogP contribution >= 0.6 is 12.4 Å². The Hall–Kier alpha value is -0.320. The summed E-state index contributed by atoms with van der Waals surface area (Å²) in [6.45, 7) is 12.1. The first-order valence-corrected chi connectivity index (χ1v) is 6.27. The molecular weight excluding hydrogens is 238 g/mol.